The van der Waals surface area contributed by atoms with Gasteiger partial charge in [0.05, 0.1) is 24.8 Å². The van der Waals surface area contributed by atoms with Crippen LogP contribution in [0.5, 0.6) is 5.75 Å². The molecular formula is C19H17N3O. The number of nitrogens with zero attached hydrogens (tertiary/aromatic N) is 1. The summed E-state index contributed by atoms with van der Waals surface area (Å²) in [4.78, 5) is 3.56. The zero-order valence-electron chi connectivity index (χ0n) is 12.9. The zero-order valence-corrected chi connectivity index (χ0v) is 12.9. The average Bonchev–Trinajstić information content (AvgIpc) is 2.99. The normalized spacial score (nSPS) is 16.8. The lowest BCUT2D eigenvalue weighted by Crippen LogP contribution is -2.30. The Morgan fingerprint density at radius 2 is 2.00 bits per heavy atom. The van der Waals surface area contributed by atoms with E-state index in [2.05, 4.69) is 28.5 Å². The third-order valence-electron chi connectivity index (χ3n) is 4.53. The molecule has 0 fully saturated rings. The van der Waals surface area contributed by atoms with E-state index in [1.54, 1.807) is 7.11 Å². The van der Waals surface area contributed by atoms with Crippen LogP contribution in [0.15, 0.2) is 42.5 Å². The summed E-state index contributed by atoms with van der Waals surface area (Å²) < 4.78 is 5.36. The van der Waals surface area contributed by atoms with Crippen LogP contribution in [0.1, 0.15) is 28.4 Å². The molecule has 4 rings (SSSR count). The second kappa shape index (κ2) is 5.45. The molecule has 0 aliphatic carbocycles. The molecule has 2 heterocycles. The monoisotopic (exact) mass is 303 g/mol. The molecule has 0 spiro atoms. The number of hydrogen-bond acceptors (Lipinski definition) is 3. The first-order valence-corrected chi connectivity index (χ1v) is 7.72. The number of methoxy groups -OCH3 is 1. The summed E-state index contributed by atoms with van der Waals surface area (Å²) in [7, 11) is 1.70. The SMILES string of the molecule is COc1ccc2[nH]c3c(c2c1)CCNC3c1ccc(C#N)cc1. The zero-order chi connectivity index (χ0) is 15.8. The summed E-state index contributed by atoms with van der Waals surface area (Å²) in [5, 5.41) is 13.8. The Bertz CT molecular complexity index is 903. The van der Waals surface area contributed by atoms with E-state index >= 15 is 0 Å². The first-order chi connectivity index (χ1) is 11.3. The predicted octanol–water partition coefficient (Wildman–Crippen LogP) is 3.28. The molecule has 1 aromatic heterocycles. The molecule has 0 amide bonds. The number of benzene rings is 2. The predicted molar refractivity (Wildman–Crippen MR) is 89.6 cm³/mol. The van der Waals surface area contributed by atoms with Crippen molar-refractivity contribution in [2.45, 2.75) is 12.5 Å². The number of H-pyrrole nitrogens is 1. The van der Waals surface area contributed by atoms with E-state index in [-0.39, 0.29) is 6.04 Å². The lowest BCUT2D eigenvalue weighted by molar-refractivity contribution is 0.415. The molecular weight excluding hydrogens is 286 g/mol. The van der Waals surface area contributed by atoms with Gasteiger partial charge < -0.3 is 15.0 Å². The van der Waals surface area contributed by atoms with Gasteiger partial charge in [-0.3, -0.25) is 0 Å². The third-order valence-corrected chi connectivity index (χ3v) is 4.53. The highest BCUT2D eigenvalue weighted by Crippen LogP contribution is 2.34. The summed E-state index contributed by atoms with van der Waals surface area (Å²) in [6.07, 6.45) is 0.995. The minimum Gasteiger partial charge on any atom is -0.497 e. The summed E-state index contributed by atoms with van der Waals surface area (Å²) >= 11 is 0. The van der Waals surface area contributed by atoms with Crippen molar-refractivity contribution < 1.29 is 4.74 Å². The molecule has 2 N–H and O–H groups in total. The maximum absolute atomic E-state index is 8.96. The number of nitrogens with one attached hydrogen (secondary N) is 2. The highest BCUT2D eigenvalue weighted by molar-refractivity contribution is 5.86. The van der Waals surface area contributed by atoms with E-state index < -0.39 is 0 Å². The standard InChI is InChI=1S/C19H17N3O/c1-23-14-6-7-17-16(10-14)15-8-9-21-18(19(15)22-17)13-4-2-12(11-20)3-5-13/h2-7,10,18,21-22H,8-9H2,1H3. The Kier molecular flexibility index (Phi) is 3.29. The van der Waals surface area contributed by atoms with Gasteiger partial charge in [-0.25, -0.2) is 0 Å². The molecule has 23 heavy (non-hydrogen) atoms. The molecule has 114 valence electrons. The van der Waals surface area contributed by atoms with Crippen molar-refractivity contribution in [1.29, 1.82) is 5.26 Å². The number of aromatic nitrogens is 1. The van der Waals surface area contributed by atoms with Gasteiger partial charge in [0, 0.05) is 23.1 Å². The topological polar surface area (TPSA) is 60.8 Å². The molecule has 1 aliphatic heterocycles. The van der Waals surface area contributed by atoms with Gasteiger partial charge in [-0.15, -0.1) is 0 Å². The van der Waals surface area contributed by atoms with Crippen LogP contribution >= 0.6 is 0 Å². The van der Waals surface area contributed by atoms with Crippen molar-refractivity contribution >= 4 is 10.9 Å². The van der Waals surface area contributed by atoms with Crippen LogP contribution in [-0.2, 0) is 6.42 Å². The molecule has 1 atom stereocenters. The van der Waals surface area contributed by atoms with Gasteiger partial charge in [0.25, 0.3) is 0 Å². The summed E-state index contributed by atoms with van der Waals surface area (Å²) in [6, 6.07) is 16.2. The van der Waals surface area contributed by atoms with Crippen molar-refractivity contribution in [2.75, 3.05) is 13.7 Å². The van der Waals surface area contributed by atoms with Crippen molar-refractivity contribution in [3.8, 4) is 11.8 Å². The van der Waals surface area contributed by atoms with Gasteiger partial charge in [0.2, 0.25) is 0 Å². The molecule has 0 saturated carbocycles. The van der Waals surface area contributed by atoms with E-state index in [4.69, 9.17) is 10.00 Å². The fourth-order valence-corrected chi connectivity index (χ4v) is 3.37. The van der Waals surface area contributed by atoms with Gasteiger partial charge in [-0.1, -0.05) is 12.1 Å². The van der Waals surface area contributed by atoms with E-state index in [0.717, 1.165) is 24.2 Å². The van der Waals surface area contributed by atoms with Crippen molar-refractivity contribution in [2.24, 2.45) is 0 Å². The molecule has 4 heteroatoms. The number of rotatable bonds is 2. The van der Waals surface area contributed by atoms with Crippen LogP contribution in [0.3, 0.4) is 0 Å². The van der Waals surface area contributed by atoms with Crippen LogP contribution in [-0.4, -0.2) is 18.6 Å². The van der Waals surface area contributed by atoms with Crippen molar-refractivity contribution in [3.63, 3.8) is 0 Å². The lowest BCUT2D eigenvalue weighted by Gasteiger charge is -2.24. The lowest BCUT2D eigenvalue weighted by atomic mass is 9.94. The average molecular weight is 303 g/mol. The third kappa shape index (κ3) is 2.26. The second-order valence-corrected chi connectivity index (χ2v) is 5.80. The minimum atomic E-state index is 0.130. The summed E-state index contributed by atoms with van der Waals surface area (Å²) in [5.74, 6) is 0.882. The van der Waals surface area contributed by atoms with Gasteiger partial charge in [-0.2, -0.15) is 5.26 Å². The van der Waals surface area contributed by atoms with E-state index in [9.17, 15) is 0 Å². The second-order valence-electron chi connectivity index (χ2n) is 5.80. The number of hydrogen-bond donors (Lipinski definition) is 2. The minimum absolute atomic E-state index is 0.130. The Labute approximate surface area is 134 Å². The van der Waals surface area contributed by atoms with E-state index in [1.165, 1.54) is 22.2 Å². The molecule has 4 nitrogen and oxygen atoms in total. The number of nitriles is 1. The molecule has 1 aliphatic rings. The Hall–Kier alpha value is -2.77. The fraction of sp³-hybridized carbons (Fsp3) is 0.211. The van der Waals surface area contributed by atoms with Gasteiger partial charge in [0.1, 0.15) is 5.75 Å². The first kappa shape index (κ1) is 13.9. The molecule has 1 unspecified atom stereocenters. The van der Waals surface area contributed by atoms with Crippen LogP contribution in [0.2, 0.25) is 0 Å². The molecule has 2 aromatic carbocycles. The first-order valence-electron chi connectivity index (χ1n) is 7.72. The summed E-state index contributed by atoms with van der Waals surface area (Å²) in [5.41, 5.74) is 5.56. The van der Waals surface area contributed by atoms with Crippen LogP contribution < -0.4 is 10.1 Å². The van der Waals surface area contributed by atoms with Gasteiger partial charge >= 0.3 is 0 Å². The maximum Gasteiger partial charge on any atom is 0.119 e. The van der Waals surface area contributed by atoms with Crippen LogP contribution in [0.25, 0.3) is 10.9 Å². The molecule has 0 radical (unpaired) electrons. The van der Waals surface area contributed by atoms with Gasteiger partial charge in [0.15, 0.2) is 0 Å². The highest BCUT2D eigenvalue weighted by Gasteiger charge is 2.25. The van der Waals surface area contributed by atoms with Crippen LogP contribution in [0, 0.1) is 11.3 Å². The fourth-order valence-electron chi connectivity index (χ4n) is 3.37. The van der Waals surface area contributed by atoms with Crippen LogP contribution in [0.4, 0.5) is 0 Å². The maximum atomic E-state index is 8.96. The highest BCUT2D eigenvalue weighted by atomic mass is 16.5. The molecule has 3 aromatic rings. The molecule has 0 saturated heterocycles. The van der Waals surface area contributed by atoms with E-state index in [1.807, 2.05) is 30.3 Å². The number of aromatic amines is 1. The Morgan fingerprint density at radius 1 is 1.17 bits per heavy atom. The van der Waals surface area contributed by atoms with Crippen molar-refractivity contribution in [1.82, 2.24) is 10.3 Å². The number of fused-ring (bicyclic) bond motifs is 3. The summed E-state index contributed by atoms with van der Waals surface area (Å²) in [6.45, 7) is 0.932. The molecule has 0 bridgehead atoms. The largest absolute Gasteiger partial charge is 0.497 e. The Morgan fingerprint density at radius 3 is 2.74 bits per heavy atom. The number of ether oxygens (including phenoxy) is 1. The van der Waals surface area contributed by atoms with Gasteiger partial charge in [-0.05, 0) is 47.9 Å². The Balaban J connectivity index is 1.82. The van der Waals surface area contributed by atoms with Crippen molar-refractivity contribution in [3.05, 3.63) is 64.8 Å². The smallest absolute Gasteiger partial charge is 0.119 e. The quantitative estimate of drug-likeness (QED) is 0.763. The van der Waals surface area contributed by atoms with E-state index in [0.29, 0.717) is 5.56 Å².